The Morgan fingerprint density at radius 2 is 1.70 bits per heavy atom. The maximum atomic E-state index is 11.7. The number of carbonyl (C=O) groups excluding carboxylic acids is 2. The summed E-state index contributed by atoms with van der Waals surface area (Å²) in [6, 6.07) is 13.9. The zero-order chi connectivity index (χ0) is 16.7. The van der Waals surface area contributed by atoms with Gasteiger partial charge in [-0.25, -0.2) is 4.79 Å². The molecule has 2 rings (SSSR count). The van der Waals surface area contributed by atoms with Crippen LogP contribution in [0.5, 0.6) is 5.75 Å². The molecule has 0 atom stereocenters. The average molecular weight is 334 g/mol. The molecule has 0 saturated carbocycles. The highest BCUT2D eigenvalue weighted by atomic mass is 35.5. The lowest BCUT2D eigenvalue weighted by Gasteiger charge is -2.07. The van der Waals surface area contributed by atoms with Crippen molar-refractivity contribution in [2.45, 2.75) is 6.61 Å². The van der Waals surface area contributed by atoms with Crippen LogP contribution in [0.15, 0.2) is 48.5 Å². The summed E-state index contributed by atoms with van der Waals surface area (Å²) in [7, 11) is 1.48. The second-order valence-corrected chi connectivity index (χ2v) is 5.13. The molecule has 6 heteroatoms. The van der Waals surface area contributed by atoms with Crippen LogP contribution in [0.25, 0.3) is 0 Å². The minimum absolute atomic E-state index is 0.295. The van der Waals surface area contributed by atoms with Crippen molar-refractivity contribution in [2.24, 2.45) is 0 Å². The monoisotopic (exact) mass is 333 g/mol. The molecule has 0 spiro atoms. The van der Waals surface area contributed by atoms with Gasteiger partial charge in [0.1, 0.15) is 12.4 Å². The number of nitrogens with one attached hydrogen (secondary N) is 1. The predicted molar refractivity (Wildman–Crippen MR) is 86.6 cm³/mol. The van der Waals surface area contributed by atoms with Crippen molar-refractivity contribution in [3.63, 3.8) is 0 Å². The topological polar surface area (TPSA) is 64.6 Å². The molecule has 0 saturated heterocycles. The van der Waals surface area contributed by atoms with Gasteiger partial charge in [0.15, 0.2) is 6.61 Å². The van der Waals surface area contributed by atoms with E-state index in [-0.39, 0.29) is 12.5 Å². The smallest absolute Gasteiger partial charge is 0.338 e. The lowest BCUT2D eigenvalue weighted by atomic mass is 10.1. The SMILES string of the molecule is CNC(=O)COC(=O)c1ccc(COc2ccc(Cl)cc2)cc1. The van der Waals surface area contributed by atoms with Gasteiger partial charge in [0, 0.05) is 12.1 Å². The molecule has 5 nitrogen and oxygen atoms in total. The summed E-state index contributed by atoms with van der Waals surface area (Å²) in [4.78, 5) is 22.8. The third-order valence-corrected chi connectivity index (χ3v) is 3.27. The molecule has 0 bridgehead atoms. The number of hydrogen-bond donors (Lipinski definition) is 1. The number of carbonyl (C=O) groups is 2. The van der Waals surface area contributed by atoms with E-state index in [1.54, 1.807) is 48.5 Å². The number of likely N-dealkylation sites (N-methyl/N-ethyl adjacent to an activating group) is 1. The Morgan fingerprint density at radius 3 is 2.30 bits per heavy atom. The van der Waals surface area contributed by atoms with Gasteiger partial charge in [-0.15, -0.1) is 0 Å². The van der Waals surface area contributed by atoms with Gasteiger partial charge in [-0.1, -0.05) is 23.7 Å². The first-order valence-electron chi connectivity index (χ1n) is 6.93. The fourth-order valence-corrected chi connectivity index (χ4v) is 1.85. The number of amides is 1. The first-order valence-corrected chi connectivity index (χ1v) is 7.31. The largest absolute Gasteiger partial charge is 0.489 e. The second kappa shape index (κ2) is 8.19. The van der Waals surface area contributed by atoms with Gasteiger partial charge in [0.05, 0.1) is 5.56 Å². The molecular formula is C17H16ClNO4. The van der Waals surface area contributed by atoms with E-state index >= 15 is 0 Å². The standard InChI is InChI=1S/C17H16ClNO4/c1-19-16(20)11-23-17(21)13-4-2-12(3-5-13)10-22-15-8-6-14(18)7-9-15/h2-9H,10-11H2,1H3,(H,19,20). The van der Waals surface area contributed by atoms with Gasteiger partial charge in [0.25, 0.3) is 5.91 Å². The van der Waals surface area contributed by atoms with Crippen LogP contribution in [-0.2, 0) is 16.1 Å². The van der Waals surface area contributed by atoms with E-state index in [9.17, 15) is 9.59 Å². The fraction of sp³-hybridized carbons (Fsp3) is 0.176. The highest BCUT2D eigenvalue weighted by Gasteiger charge is 2.09. The first-order chi connectivity index (χ1) is 11.1. The summed E-state index contributed by atoms with van der Waals surface area (Å²) in [5.74, 6) is -0.187. The van der Waals surface area contributed by atoms with Crippen LogP contribution in [0.1, 0.15) is 15.9 Å². The van der Waals surface area contributed by atoms with Crippen LogP contribution < -0.4 is 10.1 Å². The molecule has 0 radical (unpaired) electrons. The highest BCUT2D eigenvalue weighted by Crippen LogP contribution is 2.17. The van der Waals surface area contributed by atoms with Crippen LogP contribution in [0.2, 0.25) is 5.02 Å². The van der Waals surface area contributed by atoms with E-state index < -0.39 is 5.97 Å². The Balaban J connectivity index is 1.87. The lowest BCUT2D eigenvalue weighted by molar-refractivity contribution is -0.123. The summed E-state index contributed by atoms with van der Waals surface area (Å²) >= 11 is 5.81. The first kappa shape index (κ1) is 16.8. The normalized spacial score (nSPS) is 10.0. The molecule has 0 heterocycles. The van der Waals surface area contributed by atoms with Crippen molar-refractivity contribution in [3.05, 3.63) is 64.7 Å². The summed E-state index contributed by atoms with van der Waals surface area (Å²) in [6.45, 7) is 0.0754. The van der Waals surface area contributed by atoms with Gasteiger partial charge in [-0.2, -0.15) is 0 Å². The molecule has 1 N–H and O–H groups in total. The van der Waals surface area contributed by atoms with Crippen molar-refractivity contribution in [1.82, 2.24) is 5.32 Å². The number of halogens is 1. The van der Waals surface area contributed by atoms with E-state index in [0.717, 1.165) is 5.56 Å². The number of rotatable bonds is 6. The minimum Gasteiger partial charge on any atom is -0.489 e. The number of ether oxygens (including phenoxy) is 2. The molecular weight excluding hydrogens is 318 g/mol. The quantitative estimate of drug-likeness (QED) is 0.826. The van der Waals surface area contributed by atoms with E-state index in [2.05, 4.69) is 5.32 Å². The Bertz CT molecular complexity index is 668. The molecule has 2 aromatic carbocycles. The second-order valence-electron chi connectivity index (χ2n) is 4.69. The van der Waals surface area contributed by atoms with Crippen LogP contribution in [-0.4, -0.2) is 25.5 Å². The zero-order valence-corrected chi connectivity index (χ0v) is 13.3. The Hall–Kier alpha value is -2.53. The predicted octanol–water partition coefficient (Wildman–Crippen LogP) is 2.82. The molecule has 23 heavy (non-hydrogen) atoms. The average Bonchev–Trinajstić information content (AvgIpc) is 2.59. The Morgan fingerprint density at radius 1 is 1.04 bits per heavy atom. The van der Waals surface area contributed by atoms with Crippen molar-refractivity contribution in [3.8, 4) is 5.75 Å². The minimum atomic E-state index is -0.543. The third kappa shape index (κ3) is 5.30. The molecule has 120 valence electrons. The van der Waals surface area contributed by atoms with Gasteiger partial charge < -0.3 is 14.8 Å². The van der Waals surface area contributed by atoms with Crippen molar-refractivity contribution in [2.75, 3.05) is 13.7 Å². The molecule has 0 aliphatic heterocycles. The molecule has 0 aliphatic carbocycles. The Kier molecular flexibility index (Phi) is 6.00. The molecule has 0 fully saturated rings. The summed E-state index contributed by atoms with van der Waals surface area (Å²) in [6.07, 6.45) is 0. The van der Waals surface area contributed by atoms with Crippen LogP contribution >= 0.6 is 11.6 Å². The third-order valence-electron chi connectivity index (χ3n) is 3.02. The van der Waals surface area contributed by atoms with E-state index in [4.69, 9.17) is 21.1 Å². The number of hydrogen-bond acceptors (Lipinski definition) is 4. The zero-order valence-electron chi connectivity index (χ0n) is 12.5. The summed E-state index contributed by atoms with van der Waals surface area (Å²) in [5.41, 5.74) is 1.28. The maximum absolute atomic E-state index is 11.7. The van der Waals surface area contributed by atoms with Crippen molar-refractivity contribution < 1.29 is 19.1 Å². The van der Waals surface area contributed by atoms with Crippen LogP contribution in [0.3, 0.4) is 0 Å². The fourth-order valence-electron chi connectivity index (χ4n) is 1.72. The van der Waals surface area contributed by atoms with Gasteiger partial charge >= 0.3 is 5.97 Å². The number of benzene rings is 2. The molecule has 0 unspecified atom stereocenters. The van der Waals surface area contributed by atoms with Gasteiger partial charge in [-0.05, 0) is 42.0 Å². The van der Waals surface area contributed by atoms with Crippen LogP contribution in [0, 0.1) is 0 Å². The maximum Gasteiger partial charge on any atom is 0.338 e. The van der Waals surface area contributed by atoms with E-state index in [1.807, 2.05) is 0 Å². The Labute approximate surface area is 139 Å². The van der Waals surface area contributed by atoms with Crippen molar-refractivity contribution >= 4 is 23.5 Å². The van der Waals surface area contributed by atoms with Gasteiger partial charge in [0.2, 0.25) is 0 Å². The molecule has 0 aromatic heterocycles. The molecule has 0 aliphatic rings. The lowest BCUT2D eigenvalue weighted by Crippen LogP contribution is -2.25. The van der Waals surface area contributed by atoms with E-state index in [0.29, 0.717) is 22.9 Å². The summed E-state index contributed by atoms with van der Waals surface area (Å²) in [5, 5.41) is 3.03. The van der Waals surface area contributed by atoms with Crippen molar-refractivity contribution in [1.29, 1.82) is 0 Å². The van der Waals surface area contributed by atoms with E-state index in [1.165, 1.54) is 7.05 Å². The van der Waals surface area contributed by atoms with Crippen LogP contribution in [0.4, 0.5) is 0 Å². The number of esters is 1. The summed E-state index contributed by atoms with van der Waals surface area (Å²) < 4.78 is 10.5. The molecule has 1 amide bonds. The highest BCUT2D eigenvalue weighted by molar-refractivity contribution is 6.30. The molecule has 2 aromatic rings. The van der Waals surface area contributed by atoms with Gasteiger partial charge in [-0.3, -0.25) is 4.79 Å².